The summed E-state index contributed by atoms with van der Waals surface area (Å²) in [6.07, 6.45) is 4.01. The van der Waals surface area contributed by atoms with Crippen molar-refractivity contribution in [1.29, 1.82) is 0 Å². The number of carbonyl (C=O) groups is 1. The Kier molecular flexibility index (Phi) is 6.09. The van der Waals surface area contributed by atoms with Crippen LogP contribution in [0.5, 0.6) is 0 Å². The second-order valence-corrected chi connectivity index (χ2v) is 9.17. The summed E-state index contributed by atoms with van der Waals surface area (Å²) in [4.78, 5) is 14.9. The lowest BCUT2D eigenvalue weighted by Gasteiger charge is -2.14. The number of amides is 1. The number of carbonyl (C=O) groups excluding carboxylic acids is 1. The molecule has 0 aliphatic carbocycles. The lowest BCUT2D eigenvalue weighted by atomic mass is 10.1. The molecule has 0 bridgehead atoms. The standard InChI is InChI=1S/C27H23N3O2S/c1-19-7-4-8-20(15-19)16-25-26(31)30(18-23-12-6-14-32-23)27(33-25)29-28-17-22-11-5-10-21-9-2-3-13-24(21)22/h2-15,17,25H,16,18H2,1H3. The van der Waals surface area contributed by atoms with Crippen LogP contribution in [0.25, 0.3) is 10.8 Å². The molecule has 1 unspecified atom stereocenters. The lowest BCUT2D eigenvalue weighted by molar-refractivity contribution is -0.126. The molecule has 2 heterocycles. The fourth-order valence-corrected chi connectivity index (χ4v) is 5.11. The Bertz CT molecular complexity index is 1340. The lowest BCUT2D eigenvalue weighted by Crippen LogP contribution is -2.32. The van der Waals surface area contributed by atoms with Crippen LogP contribution in [0.3, 0.4) is 0 Å². The maximum Gasteiger partial charge on any atom is 0.242 e. The molecule has 1 aliphatic rings. The van der Waals surface area contributed by atoms with Crippen LogP contribution in [-0.4, -0.2) is 27.4 Å². The fraction of sp³-hybridized carbons (Fsp3) is 0.148. The van der Waals surface area contributed by atoms with Crippen molar-refractivity contribution in [1.82, 2.24) is 4.90 Å². The maximum absolute atomic E-state index is 13.3. The highest BCUT2D eigenvalue weighted by atomic mass is 32.2. The first-order valence-electron chi connectivity index (χ1n) is 10.8. The SMILES string of the molecule is Cc1cccc(CC2SC(=NN=Cc3cccc4ccccc34)N(Cc3ccco3)C2=O)c1. The molecule has 5 rings (SSSR count). The smallest absolute Gasteiger partial charge is 0.242 e. The summed E-state index contributed by atoms with van der Waals surface area (Å²) in [5, 5.41) is 11.4. The van der Waals surface area contributed by atoms with Gasteiger partial charge in [0.25, 0.3) is 0 Å². The van der Waals surface area contributed by atoms with Crippen LogP contribution in [0.4, 0.5) is 0 Å². The monoisotopic (exact) mass is 453 g/mol. The zero-order valence-electron chi connectivity index (χ0n) is 18.2. The summed E-state index contributed by atoms with van der Waals surface area (Å²) in [5.74, 6) is 0.739. The number of aryl methyl sites for hydroxylation is 1. The molecule has 1 fully saturated rings. The molecule has 33 heavy (non-hydrogen) atoms. The molecule has 1 amide bonds. The van der Waals surface area contributed by atoms with Crippen LogP contribution < -0.4 is 0 Å². The van der Waals surface area contributed by atoms with E-state index in [-0.39, 0.29) is 11.2 Å². The minimum absolute atomic E-state index is 0.0250. The van der Waals surface area contributed by atoms with Gasteiger partial charge in [0, 0.05) is 5.56 Å². The van der Waals surface area contributed by atoms with Crippen molar-refractivity contribution >= 4 is 39.8 Å². The molecule has 5 nitrogen and oxygen atoms in total. The largest absolute Gasteiger partial charge is 0.467 e. The number of thioether (sulfide) groups is 1. The van der Waals surface area contributed by atoms with E-state index in [9.17, 15) is 4.79 Å². The van der Waals surface area contributed by atoms with Gasteiger partial charge >= 0.3 is 0 Å². The number of nitrogens with zero attached hydrogens (tertiary/aromatic N) is 3. The molecular weight excluding hydrogens is 430 g/mol. The quantitative estimate of drug-likeness (QED) is 0.273. The van der Waals surface area contributed by atoms with Gasteiger partial charge in [-0.25, -0.2) is 0 Å². The van der Waals surface area contributed by atoms with Gasteiger partial charge in [-0.1, -0.05) is 84.1 Å². The first kappa shape index (κ1) is 21.2. The third kappa shape index (κ3) is 4.76. The third-order valence-corrected chi connectivity index (χ3v) is 6.75. The number of benzene rings is 3. The zero-order valence-corrected chi connectivity index (χ0v) is 19.0. The Morgan fingerprint density at radius 3 is 2.73 bits per heavy atom. The van der Waals surface area contributed by atoms with Gasteiger partial charge in [-0.2, -0.15) is 5.10 Å². The Labute approximate surface area is 196 Å². The van der Waals surface area contributed by atoms with Crippen molar-refractivity contribution in [3.63, 3.8) is 0 Å². The van der Waals surface area contributed by atoms with Gasteiger partial charge in [0.05, 0.1) is 24.3 Å². The van der Waals surface area contributed by atoms with Crippen LogP contribution in [0.15, 0.2) is 99.7 Å². The molecule has 1 saturated heterocycles. The van der Waals surface area contributed by atoms with E-state index in [1.807, 2.05) is 42.5 Å². The molecule has 4 aromatic rings. The predicted molar refractivity (Wildman–Crippen MR) is 134 cm³/mol. The number of fused-ring (bicyclic) bond motifs is 1. The average molecular weight is 454 g/mol. The molecule has 1 aromatic heterocycles. The summed E-state index contributed by atoms with van der Waals surface area (Å²) < 4.78 is 5.49. The summed E-state index contributed by atoms with van der Waals surface area (Å²) in [6, 6.07) is 26.2. The van der Waals surface area contributed by atoms with E-state index >= 15 is 0 Å². The Morgan fingerprint density at radius 2 is 1.88 bits per heavy atom. The summed E-state index contributed by atoms with van der Waals surface area (Å²) in [6.45, 7) is 2.40. The van der Waals surface area contributed by atoms with E-state index in [1.54, 1.807) is 17.4 Å². The van der Waals surface area contributed by atoms with Crippen molar-refractivity contribution in [2.24, 2.45) is 10.2 Å². The van der Waals surface area contributed by atoms with Crippen molar-refractivity contribution in [2.45, 2.75) is 25.1 Å². The topological polar surface area (TPSA) is 58.2 Å². The van der Waals surface area contributed by atoms with Crippen molar-refractivity contribution in [3.8, 4) is 0 Å². The summed E-state index contributed by atoms with van der Waals surface area (Å²) >= 11 is 1.46. The second-order valence-electron chi connectivity index (χ2n) is 8.00. The number of hydrogen-bond donors (Lipinski definition) is 0. The minimum atomic E-state index is -0.242. The van der Waals surface area contributed by atoms with Crippen LogP contribution in [0.1, 0.15) is 22.5 Å². The molecule has 3 aromatic carbocycles. The summed E-state index contributed by atoms with van der Waals surface area (Å²) in [5.41, 5.74) is 3.31. The molecular formula is C27H23N3O2S. The van der Waals surface area contributed by atoms with Crippen LogP contribution >= 0.6 is 11.8 Å². The van der Waals surface area contributed by atoms with Crippen LogP contribution in [-0.2, 0) is 17.8 Å². The highest BCUT2D eigenvalue weighted by Gasteiger charge is 2.38. The van der Waals surface area contributed by atoms with Gasteiger partial charge in [-0.05, 0) is 41.8 Å². The second kappa shape index (κ2) is 9.46. The van der Waals surface area contributed by atoms with E-state index in [4.69, 9.17) is 4.42 Å². The van der Waals surface area contributed by atoms with E-state index < -0.39 is 0 Å². The number of rotatable bonds is 6. The Balaban J connectivity index is 1.42. The van der Waals surface area contributed by atoms with Gasteiger partial charge < -0.3 is 4.42 Å². The normalized spacial score (nSPS) is 17.6. The highest BCUT2D eigenvalue weighted by molar-refractivity contribution is 8.15. The van der Waals surface area contributed by atoms with Crippen molar-refractivity contribution in [2.75, 3.05) is 0 Å². The average Bonchev–Trinajstić information content (AvgIpc) is 3.44. The van der Waals surface area contributed by atoms with Gasteiger partial charge in [0.15, 0.2) is 5.17 Å². The zero-order chi connectivity index (χ0) is 22.6. The van der Waals surface area contributed by atoms with E-state index in [1.165, 1.54) is 17.3 Å². The number of hydrogen-bond acceptors (Lipinski definition) is 5. The molecule has 0 saturated carbocycles. The Morgan fingerprint density at radius 1 is 1.03 bits per heavy atom. The van der Waals surface area contributed by atoms with Crippen molar-refractivity contribution in [3.05, 3.63) is 108 Å². The van der Waals surface area contributed by atoms with Gasteiger partial charge in [-0.3, -0.25) is 9.69 Å². The Hall–Kier alpha value is -3.64. The van der Waals surface area contributed by atoms with Gasteiger partial charge in [0.2, 0.25) is 5.91 Å². The van der Waals surface area contributed by atoms with E-state index in [0.29, 0.717) is 23.9 Å². The molecule has 6 heteroatoms. The molecule has 0 spiro atoms. The number of amidine groups is 1. The van der Waals surface area contributed by atoms with Gasteiger partial charge in [0.1, 0.15) is 5.76 Å². The van der Waals surface area contributed by atoms with Crippen LogP contribution in [0, 0.1) is 6.92 Å². The molecule has 0 radical (unpaired) electrons. The van der Waals surface area contributed by atoms with E-state index in [2.05, 4.69) is 53.5 Å². The van der Waals surface area contributed by atoms with E-state index in [0.717, 1.165) is 21.9 Å². The predicted octanol–water partition coefficient (Wildman–Crippen LogP) is 5.82. The van der Waals surface area contributed by atoms with Gasteiger partial charge in [-0.15, -0.1) is 5.10 Å². The van der Waals surface area contributed by atoms with Crippen LogP contribution in [0.2, 0.25) is 0 Å². The molecule has 1 aliphatic heterocycles. The molecule has 164 valence electrons. The highest BCUT2D eigenvalue weighted by Crippen LogP contribution is 2.31. The maximum atomic E-state index is 13.3. The summed E-state index contributed by atoms with van der Waals surface area (Å²) in [7, 11) is 0. The first-order chi connectivity index (χ1) is 16.2. The number of furan rings is 1. The molecule has 0 N–H and O–H groups in total. The van der Waals surface area contributed by atoms with Crippen molar-refractivity contribution < 1.29 is 9.21 Å². The fourth-order valence-electron chi connectivity index (χ4n) is 3.98. The third-order valence-electron chi connectivity index (χ3n) is 5.58. The molecule has 1 atom stereocenters. The minimum Gasteiger partial charge on any atom is -0.467 e. The first-order valence-corrected chi connectivity index (χ1v) is 11.7.